The van der Waals surface area contributed by atoms with Crippen LogP contribution in [0.2, 0.25) is 0 Å². The van der Waals surface area contributed by atoms with E-state index in [1.807, 2.05) is 0 Å². The van der Waals surface area contributed by atoms with Crippen LogP contribution in [0.1, 0.15) is 48.0 Å². The average molecular weight is 180 g/mol. The van der Waals surface area contributed by atoms with Gasteiger partial charge >= 0.3 is 0 Å². The van der Waals surface area contributed by atoms with Gasteiger partial charge in [0, 0.05) is 0 Å². The van der Waals surface area contributed by atoms with Crippen LogP contribution in [0, 0.1) is 34.5 Å². The van der Waals surface area contributed by atoms with E-state index in [4.69, 9.17) is 0 Å². The molecule has 76 valence electrons. The van der Waals surface area contributed by atoms with E-state index in [1.165, 1.54) is 6.42 Å². The average Bonchev–Trinajstić information content (AvgIpc) is 2.23. The zero-order chi connectivity index (χ0) is 10.0. The summed E-state index contributed by atoms with van der Waals surface area (Å²) in [5.41, 5.74) is 1.20. The Bertz CT molecular complexity index is 228. The first-order valence-corrected chi connectivity index (χ1v) is 5.83. The topological polar surface area (TPSA) is 0 Å². The van der Waals surface area contributed by atoms with Crippen molar-refractivity contribution in [1.82, 2.24) is 0 Å². The molecule has 13 heavy (non-hydrogen) atoms. The van der Waals surface area contributed by atoms with Crippen LogP contribution < -0.4 is 0 Å². The van der Waals surface area contributed by atoms with Crippen molar-refractivity contribution in [3.63, 3.8) is 0 Å². The van der Waals surface area contributed by atoms with Gasteiger partial charge in [-0.05, 0) is 40.9 Å². The Balaban J connectivity index is 2.36. The summed E-state index contributed by atoms with van der Waals surface area (Å²) in [4.78, 5) is 0. The second-order valence-corrected chi connectivity index (χ2v) is 6.43. The van der Waals surface area contributed by atoms with Crippen LogP contribution >= 0.6 is 0 Å². The van der Waals surface area contributed by atoms with Gasteiger partial charge in [0.1, 0.15) is 0 Å². The van der Waals surface area contributed by atoms with Gasteiger partial charge in [-0.3, -0.25) is 0 Å². The molecular formula is C13H24. The maximum atomic E-state index is 2.53. The lowest BCUT2D eigenvalue weighted by Crippen LogP contribution is -2.60. The Kier molecular flexibility index (Phi) is 1.71. The van der Waals surface area contributed by atoms with Crippen molar-refractivity contribution in [2.45, 2.75) is 48.0 Å². The summed E-state index contributed by atoms with van der Waals surface area (Å²) in [5, 5.41) is 0. The van der Waals surface area contributed by atoms with Gasteiger partial charge < -0.3 is 0 Å². The highest BCUT2D eigenvalue weighted by molar-refractivity contribution is 5.16. The van der Waals surface area contributed by atoms with Crippen LogP contribution in [0.4, 0.5) is 0 Å². The van der Waals surface area contributed by atoms with Gasteiger partial charge in [-0.25, -0.2) is 0 Å². The van der Waals surface area contributed by atoms with E-state index in [9.17, 15) is 0 Å². The lowest BCUT2D eigenvalue weighted by molar-refractivity contribution is -0.180. The minimum Gasteiger partial charge on any atom is -0.0622 e. The zero-order valence-corrected chi connectivity index (χ0v) is 10.0. The molecule has 0 aromatic carbocycles. The molecule has 0 aliphatic heterocycles. The van der Waals surface area contributed by atoms with Gasteiger partial charge in [0.15, 0.2) is 0 Å². The Morgan fingerprint density at radius 3 is 2.00 bits per heavy atom. The molecule has 0 heteroatoms. The summed E-state index contributed by atoms with van der Waals surface area (Å²) in [6.07, 6.45) is 1.45. The molecule has 0 saturated heterocycles. The molecule has 0 aromatic rings. The summed E-state index contributed by atoms with van der Waals surface area (Å²) in [6, 6.07) is 0. The Morgan fingerprint density at radius 2 is 1.54 bits per heavy atom. The fourth-order valence-corrected chi connectivity index (χ4v) is 4.79. The Labute approximate surface area is 83.1 Å². The van der Waals surface area contributed by atoms with Gasteiger partial charge in [0.05, 0.1) is 0 Å². The third-order valence-electron chi connectivity index (χ3n) is 6.12. The maximum absolute atomic E-state index is 2.53. The van der Waals surface area contributed by atoms with Crippen LogP contribution in [-0.2, 0) is 0 Å². The first kappa shape index (κ1) is 9.55. The Hall–Kier alpha value is 0. The van der Waals surface area contributed by atoms with Gasteiger partial charge in [0.2, 0.25) is 0 Å². The molecule has 5 atom stereocenters. The van der Waals surface area contributed by atoms with Crippen molar-refractivity contribution < 1.29 is 0 Å². The predicted octanol–water partition coefficient (Wildman–Crippen LogP) is 3.96. The highest BCUT2D eigenvalue weighted by atomic mass is 14.7. The van der Waals surface area contributed by atoms with Crippen molar-refractivity contribution >= 4 is 0 Å². The third-order valence-corrected chi connectivity index (χ3v) is 6.12. The highest BCUT2D eigenvalue weighted by Crippen LogP contribution is 2.74. The molecule has 5 unspecified atom stereocenters. The molecular weight excluding hydrogens is 156 g/mol. The minimum atomic E-state index is 0.571. The quantitative estimate of drug-likeness (QED) is 0.529. The molecule has 2 rings (SSSR count). The van der Waals surface area contributed by atoms with Crippen LogP contribution in [0.15, 0.2) is 0 Å². The lowest BCUT2D eigenvalue weighted by Gasteiger charge is -2.65. The first-order chi connectivity index (χ1) is 5.83. The molecule has 0 heterocycles. The summed E-state index contributed by atoms with van der Waals surface area (Å²) in [5.74, 6) is 3.82. The van der Waals surface area contributed by atoms with E-state index in [-0.39, 0.29) is 0 Å². The number of hydrogen-bond donors (Lipinski definition) is 0. The minimum absolute atomic E-state index is 0.571. The number of rotatable bonds is 0. The Morgan fingerprint density at radius 1 is 1.00 bits per heavy atom. The SMILES string of the molecule is CC1CC(C)C2(C)C1C(C)C2(C)C. The van der Waals surface area contributed by atoms with Crippen molar-refractivity contribution in [2.75, 3.05) is 0 Å². The number of hydrogen-bond acceptors (Lipinski definition) is 0. The van der Waals surface area contributed by atoms with Gasteiger partial charge in [0.25, 0.3) is 0 Å². The van der Waals surface area contributed by atoms with E-state index in [0.717, 1.165) is 23.7 Å². The predicted molar refractivity (Wildman–Crippen MR) is 57.5 cm³/mol. The second kappa shape index (κ2) is 2.32. The normalized spacial score (nSPS) is 58.6. The third kappa shape index (κ3) is 0.789. The van der Waals surface area contributed by atoms with Crippen LogP contribution in [0.3, 0.4) is 0 Å². The fourth-order valence-electron chi connectivity index (χ4n) is 4.79. The van der Waals surface area contributed by atoms with Crippen LogP contribution in [0.25, 0.3) is 0 Å². The van der Waals surface area contributed by atoms with E-state index < -0.39 is 0 Å². The molecule has 2 aliphatic rings. The van der Waals surface area contributed by atoms with E-state index >= 15 is 0 Å². The summed E-state index contributed by atoms with van der Waals surface area (Å²) in [6.45, 7) is 14.9. The molecule has 0 spiro atoms. The van der Waals surface area contributed by atoms with E-state index in [2.05, 4.69) is 41.5 Å². The largest absolute Gasteiger partial charge is 0.0622 e. The molecule has 0 bridgehead atoms. The van der Waals surface area contributed by atoms with Crippen LogP contribution in [0.5, 0.6) is 0 Å². The van der Waals surface area contributed by atoms with Gasteiger partial charge in [-0.15, -0.1) is 0 Å². The zero-order valence-electron chi connectivity index (χ0n) is 10.0. The van der Waals surface area contributed by atoms with Crippen LogP contribution in [-0.4, -0.2) is 0 Å². The molecule has 0 nitrogen and oxygen atoms in total. The van der Waals surface area contributed by atoms with Crippen molar-refractivity contribution in [1.29, 1.82) is 0 Å². The lowest BCUT2D eigenvalue weighted by atomic mass is 9.39. The molecule has 2 fully saturated rings. The van der Waals surface area contributed by atoms with Crippen molar-refractivity contribution in [2.24, 2.45) is 34.5 Å². The molecule has 0 amide bonds. The second-order valence-electron chi connectivity index (χ2n) is 6.43. The monoisotopic (exact) mass is 180 g/mol. The molecule has 2 saturated carbocycles. The van der Waals surface area contributed by atoms with E-state index in [1.54, 1.807) is 0 Å². The van der Waals surface area contributed by atoms with Gasteiger partial charge in [-0.2, -0.15) is 0 Å². The smallest absolute Gasteiger partial charge is 0.0213 e. The standard InChI is InChI=1S/C13H24/c1-8-7-9(2)13(6)11(8)10(3)12(13,4)5/h8-11H,7H2,1-6H3. The van der Waals surface area contributed by atoms with E-state index in [0.29, 0.717) is 10.8 Å². The number of fused-ring (bicyclic) bond motifs is 1. The molecule has 0 aromatic heterocycles. The molecule has 0 radical (unpaired) electrons. The fraction of sp³-hybridized carbons (Fsp3) is 1.00. The molecule has 0 N–H and O–H groups in total. The van der Waals surface area contributed by atoms with Gasteiger partial charge in [-0.1, -0.05) is 41.5 Å². The summed E-state index contributed by atoms with van der Waals surface area (Å²) >= 11 is 0. The summed E-state index contributed by atoms with van der Waals surface area (Å²) in [7, 11) is 0. The first-order valence-electron chi connectivity index (χ1n) is 5.83. The van der Waals surface area contributed by atoms with Crippen molar-refractivity contribution in [3.8, 4) is 0 Å². The van der Waals surface area contributed by atoms with Crippen molar-refractivity contribution in [3.05, 3.63) is 0 Å². The maximum Gasteiger partial charge on any atom is -0.0213 e. The molecule has 2 aliphatic carbocycles. The summed E-state index contributed by atoms with van der Waals surface area (Å²) < 4.78 is 0. The highest BCUT2D eigenvalue weighted by Gasteiger charge is 2.68.